The summed E-state index contributed by atoms with van der Waals surface area (Å²) in [5, 5.41) is 7.34. The standard InChI is InChI=1S/C24H28N4O3S/c1-18-24(32(30,31)27-15-9-4-10-16-27)19(2)28(26-18)17-23(29)25-22-14-8-7-13-21(22)20-11-5-3-6-12-20/h3,5-8,11-14H,4,9-10,15-17H2,1-2H3,(H,25,29). The predicted molar refractivity (Wildman–Crippen MR) is 125 cm³/mol. The van der Waals surface area contributed by atoms with Gasteiger partial charge >= 0.3 is 0 Å². The number of amides is 1. The zero-order valence-electron chi connectivity index (χ0n) is 18.4. The number of aromatic nitrogens is 2. The van der Waals surface area contributed by atoms with Crippen molar-refractivity contribution in [2.75, 3.05) is 18.4 Å². The number of piperidine rings is 1. The number of nitrogens with one attached hydrogen (secondary N) is 1. The van der Waals surface area contributed by atoms with Crippen LogP contribution < -0.4 is 5.32 Å². The lowest BCUT2D eigenvalue weighted by Crippen LogP contribution is -2.36. The Morgan fingerprint density at radius 1 is 0.969 bits per heavy atom. The number of benzene rings is 2. The van der Waals surface area contributed by atoms with Crippen LogP contribution in [0.25, 0.3) is 11.1 Å². The molecule has 4 rings (SSSR count). The van der Waals surface area contributed by atoms with Gasteiger partial charge in [-0.1, -0.05) is 55.0 Å². The molecule has 0 saturated carbocycles. The van der Waals surface area contributed by atoms with Crippen molar-refractivity contribution in [2.45, 2.75) is 44.6 Å². The molecule has 1 amide bonds. The maximum Gasteiger partial charge on any atom is 0.246 e. The third-order valence-corrected chi connectivity index (χ3v) is 7.96. The summed E-state index contributed by atoms with van der Waals surface area (Å²) in [6.45, 7) is 4.39. The first-order valence-corrected chi connectivity index (χ1v) is 12.3. The van der Waals surface area contributed by atoms with Crippen molar-refractivity contribution < 1.29 is 13.2 Å². The number of hydrogen-bond acceptors (Lipinski definition) is 4. The van der Waals surface area contributed by atoms with Crippen molar-refractivity contribution in [3.05, 3.63) is 66.0 Å². The normalized spacial score (nSPS) is 14.9. The van der Waals surface area contributed by atoms with Gasteiger partial charge in [-0.2, -0.15) is 9.40 Å². The molecule has 1 N–H and O–H groups in total. The van der Waals surface area contributed by atoms with Crippen LogP contribution in [-0.4, -0.2) is 41.5 Å². The third-order valence-electron chi connectivity index (χ3n) is 5.81. The van der Waals surface area contributed by atoms with Gasteiger partial charge in [0.15, 0.2) is 0 Å². The van der Waals surface area contributed by atoms with E-state index in [2.05, 4.69) is 10.4 Å². The molecule has 0 aliphatic carbocycles. The molecule has 2 aromatic carbocycles. The van der Waals surface area contributed by atoms with E-state index in [4.69, 9.17) is 0 Å². The Morgan fingerprint density at radius 3 is 2.34 bits per heavy atom. The highest BCUT2D eigenvalue weighted by atomic mass is 32.2. The number of para-hydroxylation sites is 1. The molecule has 1 aromatic heterocycles. The molecule has 32 heavy (non-hydrogen) atoms. The number of carbonyl (C=O) groups excluding carboxylic acids is 1. The minimum absolute atomic E-state index is 0.0642. The lowest BCUT2D eigenvalue weighted by molar-refractivity contribution is -0.116. The van der Waals surface area contributed by atoms with Gasteiger partial charge in [0.25, 0.3) is 0 Å². The van der Waals surface area contributed by atoms with Crippen LogP contribution in [0, 0.1) is 13.8 Å². The fourth-order valence-electron chi connectivity index (χ4n) is 4.23. The summed E-state index contributed by atoms with van der Waals surface area (Å²) >= 11 is 0. The van der Waals surface area contributed by atoms with Crippen LogP contribution in [0.4, 0.5) is 5.69 Å². The van der Waals surface area contributed by atoms with Gasteiger partial charge in [-0.25, -0.2) is 8.42 Å². The first-order valence-electron chi connectivity index (χ1n) is 10.9. The van der Waals surface area contributed by atoms with E-state index < -0.39 is 10.0 Å². The molecule has 0 radical (unpaired) electrons. The third kappa shape index (κ3) is 4.47. The maximum absolute atomic E-state index is 13.2. The summed E-state index contributed by atoms with van der Waals surface area (Å²) in [4.78, 5) is 13.1. The first-order chi connectivity index (χ1) is 15.4. The van der Waals surface area contributed by atoms with Crippen LogP contribution in [0.15, 0.2) is 59.5 Å². The SMILES string of the molecule is Cc1nn(CC(=O)Nc2ccccc2-c2ccccc2)c(C)c1S(=O)(=O)N1CCCCC1. The number of nitrogens with zero attached hydrogens (tertiary/aromatic N) is 3. The van der Waals surface area contributed by atoms with Gasteiger partial charge in [0.05, 0.1) is 11.4 Å². The molecule has 8 heteroatoms. The van der Waals surface area contributed by atoms with E-state index in [1.54, 1.807) is 13.8 Å². The molecule has 0 bridgehead atoms. The van der Waals surface area contributed by atoms with Crippen molar-refractivity contribution in [3.63, 3.8) is 0 Å². The Kier molecular flexibility index (Phi) is 6.43. The Hall–Kier alpha value is -2.97. The van der Waals surface area contributed by atoms with E-state index >= 15 is 0 Å². The van der Waals surface area contributed by atoms with E-state index in [0.29, 0.717) is 30.2 Å². The van der Waals surface area contributed by atoms with E-state index in [1.165, 1.54) is 8.99 Å². The zero-order chi connectivity index (χ0) is 22.7. The molecule has 1 aliphatic rings. The van der Waals surface area contributed by atoms with E-state index in [0.717, 1.165) is 30.4 Å². The van der Waals surface area contributed by atoms with Crippen LogP contribution in [0.1, 0.15) is 30.7 Å². The average Bonchev–Trinajstić information content (AvgIpc) is 3.08. The van der Waals surface area contributed by atoms with Crippen molar-refractivity contribution in [1.82, 2.24) is 14.1 Å². The van der Waals surface area contributed by atoms with Gasteiger partial charge in [-0.15, -0.1) is 0 Å². The van der Waals surface area contributed by atoms with Gasteiger partial charge in [-0.05, 0) is 38.3 Å². The van der Waals surface area contributed by atoms with E-state index in [9.17, 15) is 13.2 Å². The predicted octanol–water partition coefficient (Wildman–Crippen LogP) is 3.98. The number of hydrogen-bond donors (Lipinski definition) is 1. The molecule has 3 aromatic rings. The molecule has 1 fully saturated rings. The fourth-order valence-corrected chi connectivity index (χ4v) is 6.12. The smallest absolute Gasteiger partial charge is 0.246 e. The second-order valence-corrected chi connectivity index (χ2v) is 9.96. The van der Waals surface area contributed by atoms with Crippen LogP contribution in [0.5, 0.6) is 0 Å². The van der Waals surface area contributed by atoms with Gasteiger partial charge in [0, 0.05) is 24.3 Å². The van der Waals surface area contributed by atoms with Crippen LogP contribution in [0.2, 0.25) is 0 Å². The summed E-state index contributed by atoms with van der Waals surface area (Å²) in [7, 11) is -3.62. The molecule has 168 valence electrons. The molecular weight excluding hydrogens is 424 g/mol. The first kappa shape index (κ1) is 22.2. The largest absolute Gasteiger partial charge is 0.324 e. The highest BCUT2D eigenvalue weighted by Crippen LogP contribution is 2.28. The molecule has 7 nitrogen and oxygen atoms in total. The summed E-state index contributed by atoms with van der Waals surface area (Å²) in [6.07, 6.45) is 2.79. The number of aryl methyl sites for hydroxylation is 1. The molecular formula is C24H28N4O3S. The summed E-state index contributed by atoms with van der Waals surface area (Å²) in [6, 6.07) is 17.4. The van der Waals surface area contributed by atoms with E-state index in [-0.39, 0.29) is 17.3 Å². The fraction of sp³-hybridized carbons (Fsp3) is 0.333. The molecule has 2 heterocycles. The van der Waals surface area contributed by atoms with Gasteiger partial charge in [0.2, 0.25) is 15.9 Å². The molecule has 0 atom stereocenters. The Balaban J connectivity index is 1.55. The van der Waals surface area contributed by atoms with Gasteiger partial charge < -0.3 is 5.32 Å². The Bertz CT molecular complexity index is 1210. The van der Waals surface area contributed by atoms with Crippen molar-refractivity contribution in [1.29, 1.82) is 0 Å². The Morgan fingerprint density at radius 2 is 1.62 bits per heavy atom. The molecule has 0 unspecified atom stereocenters. The minimum Gasteiger partial charge on any atom is -0.324 e. The lowest BCUT2D eigenvalue weighted by atomic mass is 10.0. The molecule has 1 saturated heterocycles. The second kappa shape index (κ2) is 9.26. The van der Waals surface area contributed by atoms with Crippen molar-refractivity contribution in [2.24, 2.45) is 0 Å². The number of rotatable bonds is 6. The Labute approximate surface area is 189 Å². The lowest BCUT2D eigenvalue weighted by Gasteiger charge is -2.25. The van der Waals surface area contributed by atoms with Crippen LogP contribution in [0.3, 0.4) is 0 Å². The van der Waals surface area contributed by atoms with Crippen LogP contribution >= 0.6 is 0 Å². The molecule has 0 spiro atoms. The van der Waals surface area contributed by atoms with Crippen molar-refractivity contribution >= 4 is 21.6 Å². The van der Waals surface area contributed by atoms with Crippen molar-refractivity contribution in [3.8, 4) is 11.1 Å². The monoisotopic (exact) mass is 452 g/mol. The second-order valence-electron chi connectivity index (χ2n) is 8.08. The zero-order valence-corrected chi connectivity index (χ0v) is 19.2. The van der Waals surface area contributed by atoms with Crippen LogP contribution in [-0.2, 0) is 21.4 Å². The number of sulfonamides is 1. The minimum atomic E-state index is -3.62. The highest BCUT2D eigenvalue weighted by molar-refractivity contribution is 7.89. The quantitative estimate of drug-likeness (QED) is 0.613. The summed E-state index contributed by atoms with van der Waals surface area (Å²) in [5.74, 6) is -0.263. The average molecular weight is 453 g/mol. The number of anilines is 1. The highest BCUT2D eigenvalue weighted by Gasteiger charge is 2.32. The van der Waals surface area contributed by atoms with E-state index in [1.807, 2.05) is 54.6 Å². The molecule has 1 aliphatic heterocycles. The summed E-state index contributed by atoms with van der Waals surface area (Å²) in [5.41, 5.74) is 3.53. The van der Waals surface area contributed by atoms with Gasteiger partial charge in [-0.3, -0.25) is 9.48 Å². The maximum atomic E-state index is 13.2. The van der Waals surface area contributed by atoms with Gasteiger partial charge in [0.1, 0.15) is 11.4 Å². The number of carbonyl (C=O) groups is 1. The topological polar surface area (TPSA) is 84.3 Å². The summed E-state index contributed by atoms with van der Waals surface area (Å²) < 4.78 is 29.4.